The van der Waals surface area contributed by atoms with Crippen molar-refractivity contribution in [2.24, 2.45) is 0 Å². The number of hydrogen-bond donors (Lipinski definition) is 1. The second-order valence-corrected chi connectivity index (χ2v) is 8.52. The number of anilines is 1. The first-order valence-corrected chi connectivity index (χ1v) is 11.7. The minimum Gasteiger partial charge on any atom is -0.497 e. The third-order valence-electron chi connectivity index (χ3n) is 6.49. The van der Waals surface area contributed by atoms with Gasteiger partial charge in [-0.2, -0.15) is 0 Å². The standard InChI is InChI=1S/C25H29N7O3/c1-34-15-14-32-24(27-28-29-32)23(31-12-10-30(11-13-31)19-6-4-3-5-7-19)21-17-18-16-20(35-2)8-9-22(18)26-25(21)33/h3-9,16-17,23H,10-15H2,1-2H3,(H,26,33). The predicted molar refractivity (Wildman–Crippen MR) is 133 cm³/mol. The Bertz CT molecular complexity index is 1330. The molecule has 1 aliphatic rings. The highest BCUT2D eigenvalue weighted by molar-refractivity contribution is 5.80. The summed E-state index contributed by atoms with van der Waals surface area (Å²) in [6, 6.07) is 17.5. The number of aromatic nitrogens is 5. The van der Waals surface area contributed by atoms with Gasteiger partial charge in [0.15, 0.2) is 5.82 Å². The molecule has 1 fully saturated rings. The summed E-state index contributed by atoms with van der Waals surface area (Å²) in [5.74, 6) is 1.36. The molecular weight excluding hydrogens is 446 g/mol. The topological polar surface area (TPSA) is 101 Å². The lowest BCUT2D eigenvalue weighted by atomic mass is 10.0. The van der Waals surface area contributed by atoms with Crippen LogP contribution in [0.2, 0.25) is 0 Å². The molecule has 5 rings (SSSR count). The van der Waals surface area contributed by atoms with Crippen molar-refractivity contribution in [3.05, 3.63) is 76.3 Å². The zero-order valence-electron chi connectivity index (χ0n) is 19.9. The fourth-order valence-corrected chi connectivity index (χ4v) is 4.65. The maximum atomic E-state index is 13.4. The summed E-state index contributed by atoms with van der Waals surface area (Å²) < 4.78 is 12.4. The second kappa shape index (κ2) is 10.2. The summed E-state index contributed by atoms with van der Waals surface area (Å²) >= 11 is 0. The average Bonchev–Trinajstić information content (AvgIpc) is 3.36. The molecule has 2 aromatic carbocycles. The minimum absolute atomic E-state index is 0.153. The number of rotatable bonds is 8. The quantitative estimate of drug-likeness (QED) is 0.413. The van der Waals surface area contributed by atoms with Crippen molar-refractivity contribution in [1.82, 2.24) is 30.1 Å². The molecule has 1 aliphatic heterocycles. The minimum atomic E-state index is -0.404. The van der Waals surface area contributed by atoms with Crippen LogP contribution in [0.25, 0.3) is 10.9 Å². The molecule has 0 radical (unpaired) electrons. The van der Waals surface area contributed by atoms with Crippen LogP contribution in [0.15, 0.2) is 59.4 Å². The number of pyridine rings is 1. The van der Waals surface area contributed by atoms with Crippen LogP contribution in [0.3, 0.4) is 0 Å². The summed E-state index contributed by atoms with van der Waals surface area (Å²) in [7, 11) is 3.28. The van der Waals surface area contributed by atoms with E-state index < -0.39 is 6.04 Å². The number of para-hydroxylation sites is 1. The highest BCUT2D eigenvalue weighted by atomic mass is 16.5. The van der Waals surface area contributed by atoms with E-state index in [1.807, 2.05) is 30.3 Å². The van der Waals surface area contributed by atoms with Crippen molar-refractivity contribution < 1.29 is 9.47 Å². The summed E-state index contributed by atoms with van der Waals surface area (Å²) in [4.78, 5) is 21.0. The Morgan fingerprint density at radius 2 is 1.83 bits per heavy atom. The van der Waals surface area contributed by atoms with Crippen LogP contribution >= 0.6 is 0 Å². The van der Waals surface area contributed by atoms with E-state index in [0.29, 0.717) is 24.5 Å². The molecule has 182 valence electrons. The van der Waals surface area contributed by atoms with E-state index >= 15 is 0 Å². The van der Waals surface area contributed by atoms with Crippen LogP contribution in [0.5, 0.6) is 5.75 Å². The van der Waals surface area contributed by atoms with Crippen molar-refractivity contribution in [3.8, 4) is 5.75 Å². The normalized spacial score (nSPS) is 15.4. The Hall–Kier alpha value is -3.76. The van der Waals surface area contributed by atoms with E-state index in [2.05, 4.69) is 54.6 Å². The fourth-order valence-electron chi connectivity index (χ4n) is 4.65. The summed E-state index contributed by atoms with van der Waals surface area (Å²) in [5, 5.41) is 13.4. The lowest BCUT2D eigenvalue weighted by Gasteiger charge is -2.39. The first-order valence-electron chi connectivity index (χ1n) is 11.7. The number of hydrogen-bond acceptors (Lipinski definition) is 8. The number of nitrogens with one attached hydrogen (secondary N) is 1. The number of nitrogens with zero attached hydrogens (tertiary/aromatic N) is 6. The molecule has 0 amide bonds. The molecular formula is C25H29N7O3. The number of ether oxygens (including phenoxy) is 2. The number of tetrazole rings is 1. The van der Waals surface area contributed by atoms with Gasteiger partial charge in [0.05, 0.1) is 20.3 Å². The van der Waals surface area contributed by atoms with E-state index in [9.17, 15) is 4.79 Å². The van der Waals surface area contributed by atoms with Crippen LogP contribution in [0, 0.1) is 0 Å². The number of fused-ring (bicyclic) bond motifs is 1. The van der Waals surface area contributed by atoms with E-state index in [4.69, 9.17) is 9.47 Å². The molecule has 1 unspecified atom stereocenters. The van der Waals surface area contributed by atoms with E-state index in [0.717, 1.165) is 42.8 Å². The van der Waals surface area contributed by atoms with E-state index in [1.54, 1.807) is 18.9 Å². The first kappa shape index (κ1) is 23.0. The van der Waals surface area contributed by atoms with Crippen LogP contribution in [0.1, 0.15) is 17.4 Å². The van der Waals surface area contributed by atoms with Crippen molar-refractivity contribution in [1.29, 1.82) is 0 Å². The summed E-state index contributed by atoms with van der Waals surface area (Å²) in [6.07, 6.45) is 0. The van der Waals surface area contributed by atoms with Crippen molar-refractivity contribution in [3.63, 3.8) is 0 Å². The molecule has 1 atom stereocenters. The largest absolute Gasteiger partial charge is 0.497 e. The molecule has 2 aromatic heterocycles. The van der Waals surface area contributed by atoms with Gasteiger partial charge in [0.25, 0.3) is 5.56 Å². The molecule has 10 nitrogen and oxygen atoms in total. The highest BCUT2D eigenvalue weighted by Crippen LogP contribution is 2.29. The molecule has 0 saturated carbocycles. The zero-order chi connectivity index (χ0) is 24.2. The molecule has 1 N–H and O–H groups in total. The monoisotopic (exact) mass is 475 g/mol. The van der Waals surface area contributed by atoms with Crippen LogP contribution in [-0.2, 0) is 11.3 Å². The Kier molecular flexibility index (Phi) is 6.73. The Morgan fingerprint density at radius 1 is 1.03 bits per heavy atom. The summed E-state index contributed by atoms with van der Waals surface area (Å²) in [6.45, 7) is 4.15. The van der Waals surface area contributed by atoms with Crippen LogP contribution in [-0.4, -0.2) is 77.1 Å². The number of benzene rings is 2. The predicted octanol–water partition coefficient (Wildman–Crippen LogP) is 2.08. The van der Waals surface area contributed by atoms with Gasteiger partial charge in [-0.15, -0.1) is 5.10 Å². The molecule has 0 bridgehead atoms. The Labute approximate surface area is 203 Å². The second-order valence-electron chi connectivity index (χ2n) is 8.52. The third kappa shape index (κ3) is 4.75. The third-order valence-corrected chi connectivity index (χ3v) is 6.49. The molecule has 3 heterocycles. The van der Waals surface area contributed by atoms with Gasteiger partial charge in [-0.3, -0.25) is 9.69 Å². The lowest BCUT2D eigenvalue weighted by Crippen LogP contribution is -2.49. The van der Waals surface area contributed by atoms with Crippen molar-refractivity contribution in [2.75, 3.05) is 51.9 Å². The van der Waals surface area contributed by atoms with Gasteiger partial charge in [0.1, 0.15) is 11.8 Å². The van der Waals surface area contributed by atoms with Crippen molar-refractivity contribution >= 4 is 16.6 Å². The van der Waals surface area contributed by atoms with Crippen LogP contribution < -0.4 is 15.2 Å². The first-order chi connectivity index (χ1) is 17.2. The lowest BCUT2D eigenvalue weighted by molar-refractivity contribution is 0.171. The van der Waals surface area contributed by atoms with Gasteiger partial charge < -0.3 is 19.4 Å². The number of methoxy groups -OCH3 is 2. The Morgan fingerprint density at radius 3 is 2.57 bits per heavy atom. The number of piperazine rings is 1. The highest BCUT2D eigenvalue weighted by Gasteiger charge is 2.32. The average molecular weight is 476 g/mol. The van der Waals surface area contributed by atoms with E-state index in [-0.39, 0.29) is 5.56 Å². The molecule has 35 heavy (non-hydrogen) atoms. The van der Waals surface area contributed by atoms with Gasteiger partial charge in [0, 0.05) is 55.4 Å². The molecule has 10 heteroatoms. The van der Waals surface area contributed by atoms with Gasteiger partial charge in [-0.1, -0.05) is 18.2 Å². The smallest absolute Gasteiger partial charge is 0.253 e. The molecule has 4 aromatic rings. The fraction of sp³-hybridized carbons (Fsp3) is 0.360. The van der Waals surface area contributed by atoms with Gasteiger partial charge in [-0.25, -0.2) is 4.68 Å². The Balaban J connectivity index is 1.53. The van der Waals surface area contributed by atoms with Gasteiger partial charge in [0.2, 0.25) is 0 Å². The van der Waals surface area contributed by atoms with Crippen LogP contribution in [0.4, 0.5) is 5.69 Å². The molecule has 0 aliphatic carbocycles. The maximum Gasteiger partial charge on any atom is 0.253 e. The number of aromatic amines is 1. The van der Waals surface area contributed by atoms with E-state index in [1.165, 1.54) is 5.69 Å². The zero-order valence-corrected chi connectivity index (χ0v) is 19.9. The molecule has 1 saturated heterocycles. The molecule has 0 spiro atoms. The SMILES string of the molecule is COCCn1nnnc1C(c1cc2cc(OC)ccc2[nH]c1=O)N1CCN(c2ccccc2)CC1. The van der Waals surface area contributed by atoms with Crippen molar-refractivity contribution in [2.45, 2.75) is 12.6 Å². The van der Waals surface area contributed by atoms with Gasteiger partial charge in [-0.05, 0) is 46.8 Å². The van der Waals surface area contributed by atoms with Gasteiger partial charge >= 0.3 is 0 Å². The number of H-pyrrole nitrogens is 1. The summed E-state index contributed by atoms with van der Waals surface area (Å²) in [5.41, 5.74) is 2.40. The maximum absolute atomic E-state index is 13.4.